The molecule has 0 aliphatic rings. The van der Waals surface area contributed by atoms with Crippen LogP contribution in [0.4, 0.5) is 4.39 Å². The fraction of sp³-hybridized carbons (Fsp3) is 0.250. The Morgan fingerprint density at radius 2 is 2.00 bits per heavy atom. The van der Waals surface area contributed by atoms with E-state index in [4.69, 9.17) is 15.2 Å². The number of hydrogen-bond donors (Lipinski definition) is 1. The van der Waals surface area contributed by atoms with Crippen LogP contribution in [-0.4, -0.2) is 7.11 Å². The summed E-state index contributed by atoms with van der Waals surface area (Å²) in [6.07, 6.45) is 0. The molecule has 0 saturated heterocycles. The van der Waals surface area contributed by atoms with Crippen molar-refractivity contribution < 1.29 is 13.9 Å². The molecule has 2 aromatic rings. The molecule has 0 fully saturated rings. The van der Waals surface area contributed by atoms with Gasteiger partial charge in [-0.3, -0.25) is 0 Å². The molecule has 2 N–H and O–H groups in total. The van der Waals surface area contributed by atoms with Crippen molar-refractivity contribution >= 4 is 0 Å². The van der Waals surface area contributed by atoms with Crippen LogP contribution in [0, 0.1) is 5.82 Å². The Kier molecular flexibility index (Phi) is 4.58. The van der Waals surface area contributed by atoms with Gasteiger partial charge in [0.1, 0.15) is 23.9 Å². The summed E-state index contributed by atoms with van der Waals surface area (Å²) in [6, 6.07) is 11.7. The smallest absolute Gasteiger partial charge is 0.128 e. The Morgan fingerprint density at radius 1 is 1.20 bits per heavy atom. The summed E-state index contributed by atoms with van der Waals surface area (Å²) < 4.78 is 24.1. The van der Waals surface area contributed by atoms with Gasteiger partial charge in [0, 0.05) is 17.7 Å². The van der Waals surface area contributed by atoms with Crippen molar-refractivity contribution in [3.63, 3.8) is 0 Å². The average Bonchev–Trinajstić information content (AvgIpc) is 2.44. The standard InChI is InChI=1S/C16H18FNO2/c1-11(18)15-7-6-14(19-2)9-16(15)20-10-12-4-3-5-13(17)8-12/h3-9,11H,10,18H2,1-2H3/t11-/m1/s1. The summed E-state index contributed by atoms with van der Waals surface area (Å²) in [6.45, 7) is 2.17. The number of benzene rings is 2. The van der Waals surface area contributed by atoms with Gasteiger partial charge >= 0.3 is 0 Å². The molecule has 0 spiro atoms. The first-order valence-electron chi connectivity index (χ1n) is 6.41. The largest absolute Gasteiger partial charge is 0.497 e. The van der Waals surface area contributed by atoms with Gasteiger partial charge in [-0.05, 0) is 30.7 Å². The second-order valence-electron chi connectivity index (χ2n) is 4.61. The molecule has 2 aromatic carbocycles. The monoisotopic (exact) mass is 275 g/mol. The minimum absolute atomic E-state index is 0.150. The van der Waals surface area contributed by atoms with E-state index >= 15 is 0 Å². The number of rotatable bonds is 5. The molecule has 0 heterocycles. The number of hydrogen-bond acceptors (Lipinski definition) is 3. The highest BCUT2D eigenvalue weighted by Crippen LogP contribution is 2.29. The van der Waals surface area contributed by atoms with E-state index in [1.54, 1.807) is 19.2 Å². The number of nitrogens with two attached hydrogens (primary N) is 1. The van der Waals surface area contributed by atoms with Crippen LogP contribution in [0.1, 0.15) is 24.1 Å². The highest BCUT2D eigenvalue weighted by atomic mass is 19.1. The highest BCUT2D eigenvalue weighted by molar-refractivity contribution is 5.42. The Morgan fingerprint density at radius 3 is 2.65 bits per heavy atom. The van der Waals surface area contributed by atoms with Gasteiger partial charge in [0.15, 0.2) is 0 Å². The maximum atomic E-state index is 13.1. The van der Waals surface area contributed by atoms with E-state index < -0.39 is 0 Å². The van der Waals surface area contributed by atoms with Gasteiger partial charge in [0.2, 0.25) is 0 Å². The topological polar surface area (TPSA) is 44.5 Å². The number of ether oxygens (including phenoxy) is 2. The van der Waals surface area contributed by atoms with E-state index in [0.29, 0.717) is 11.5 Å². The third kappa shape index (κ3) is 3.48. The molecule has 0 radical (unpaired) electrons. The summed E-state index contributed by atoms with van der Waals surface area (Å²) in [4.78, 5) is 0. The predicted octanol–water partition coefficient (Wildman–Crippen LogP) is 3.43. The third-order valence-electron chi connectivity index (χ3n) is 2.99. The van der Waals surface area contributed by atoms with Crippen LogP contribution in [0.2, 0.25) is 0 Å². The Hall–Kier alpha value is -2.07. The first-order valence-corrected chi connectivity index (χ1v) is 6.41. The van der Waals surface area contributed by atoms with E-state index in [0.717, 1.165) is 11.1 Å². The Balaban J connectivity index is 2.19. The summed E-state index contributed by atoms with van der Waals surface area (Å²) >= 11 is 0. The Bertz CT molecular complexity index is 584. The predicted molar refractivity (Wildman–Crippen MR) is 76.3 cm³/mol. The molecule has 20 heavy (non-hydrogen) atoms. The van der Waals surface area contributed by atoms with Crippen LogP contribution < -0.4 is 15.2 Å². The van der Waals surface area contributed by atoms with Gasteiger partial charge in [0.05, 0.1) is 7.11 Å². The molecule has 1 atom stereocenters. The lowest BCUT2D eigenvalue weighted by atomic mass is 10.1. The van der Waals surface area contributed by atoms with Gasteiger partial charge < -0.3 is 15.2 Å². The second-order valence-corrected chi connectivity index (χ2v) is 4.61. The fourth-order valence-corrected chi connectivity index (χ4v) is 1.93. The minimum atomic E-state index is -0.274. The summed E-state index contributed by atoms with van der Waals surface area (Å²) in [5.41, 5.74) is 7.58. The molecular formula is C16H18FNO2. The number of methoxy groups -OCH3 is 1. The molecule has 0 aromatic heterocycles. The minimum Gasteiger partial charge on any atom is -0.497 e. The first-order chi connectivity index (χ1) is 9.60. The van der Waals surface area contributed by atoms with Crippen LogP contribution in [0.5, 0.6) is 11.5 Å². The number of halogens is 1. The fourth-order valence-electron chi connectivity index (χ4n) is 1.93. The lowest BCUT2D eigenvalue weighted by Gasteiger charge is -2.15. The average molecular weight is 275 g/mol. The first kappa shape index (κ1) is 14.3. The molecule has 0 saturated carbocycles. The molecule has 4 heteroatoms. The normalized spacial score (nSPS) is 12.0. The van der Waals surface area contributed by atoms with Gasteiger partial charge in [0.25, 0.3) is 0 Å². The lowest BCUT2D eigenvalue weighted by molar-refractivity contribution is 0.298. The van der Waals surface area contributed by atoms with E-state index in [9.17, 15) is 4.39 Å². The highest BCUT2D eigenvalue weighted by Gasteiger charge is 2.10. The van der Waals surface area contributed by atoms with Crippen LogP contribution in [0.3, 0.4) is 0 Å². The van der Waals surface area contributed by atoms with Crippen LogP contribution >= 0.6 is 0 Å². The van der Waals surface area contributed by atoms with Gasteiger partial charge in [-0.25, -0.2) is 4.39 Å². The Labute approximate surface area is 118 Å². The van der Waals surface area contributed by atoms with Crippen molar-refractivity contribution in [2.75, 3.05) is 7.11 Å². The lowest BCUT2D eigenvalue weighted by Crippen LogP contribution is -2.08. The van der Waals surface area contributed by atoms with Crippen LogP contribution in [-0.2, 0) is 6.61 Å². The molecule has 0 unspecified atom stereocenters. The zero-order valence-corrected chi connectivity index (χ0v) is 11.6. The van der Waals surface area contributed by atoms with Crippen molar-refractivity contribution in [1.29, 1.82) is 0 Å². The summed E-state index contributed by atoms with van der Waals surface area (Å²) in [5.74, 6) is 1.08. The van der Waals surface area contributed by atoms with Crippen LogP contribution in [0.15, 0.2) is 42.5 Å². The maximum absolute atomic E-state index is 13.1. The molecule has 106 valence electrons. The van der Waals surface area contributed by atoms with Crippen molar-refractivity contribution in [2.24, 2.45) is 5.73 Å². The molecule has 2 rings (SSSR count). The molecular weight excluding hydrogens is 257 g/mol. The van der Waals surface area contributed by atoms with Crippen molar-refractivity contribution in [3.8, 4) is 11.5 Å². The van der Waals surface area contributed by atoms with E-state index in [1.165, 1.54) is 12.1 Å². The van der Waals surface area contributed by atoms with E-state index in [2.05, 4.69) is 0 Å². The summed E-state index contributed by atoms with van der Waals surface area (Å²) in [7, 11) is 1.59. The molecule has 0 aliphatic heterocycles. The zero-order chi connectivity index (χ0) is 14.5. The maximum Gasteiger partial charge on any atom is 0.128 e. The van der Waals surface area contributed by atoms with Crippen molar-refractivity contribution in [3.05, 3.63) is 59.4 Å². The van der Waals surface area contributed by atoms with Crippen LogP contribution in [0.25, 0.3) is 0 Å². The van der Waals surface area contributed by atoms with E-state index in [-0.39, 0.29) is 18.5 Å². The van der Waals surface area contributed by atoms with E-state index in [1.807, 2.05) is 25.1 Å². The van der Waals surface area contributed by atoms with Crippen molar-refractivity contribution in [1.82, 2.24) is 0 Å². The van der Waals surface area contributed by atoms with Crippen molar-refractivity contribution in [2.45, 2.75) is 19.6 Å². The summed E-state index contributed by atoms with van der Waals surface area (Å²) in [5, 5.41) is 0. The quantitative estimate of drug-likeness (QED) is 0.909. The zero-order valence-electron chi connectivity index (χ0n) is 11.6. The van der Waals surface area contributed by atoms with Gasteiger partial charge in [-0.15, -0.1) is 0 Å². The molecule has 0 amide bonds. The van der Waals surface area contributed by atoms with Gasteiger partial charge in [-0.1, -0.05) is 18.2 Å². The molecule has 0 aliphatic carbocycles. The molecule has 0 bridgehead atoms. The third-order valence-corrected chi connectivity index (χ3v) is 2.99. The SMILES string of the molecule is COc1ccc([C@@H](C)N)c(OCc2cccc(F)c2)c1. The van der Waals surface area contributed by atoms with Gasteiger partial charge in [-0.2, -0.15) is 0 Å². The molecule has 3 nitrogen and oxygen atoms in total. The second kappa shape index (κ2) is 6.39.